The standard InChI is InChI=1S/C11H15FN4O2/c1-13-9(17)3-4-15-11(18)8-5-7(12)6-16-10(8)14-2/h5-6H,3-4H2,1-2H3,(H,13,17)(H,14,16)(H,15,18). The third-order valence-corrected chi connectivity index (χ3v) is 2.25. The zero-order valence-electron chi connectivity index (χ0n) is 10.2. The molecule has 0 aliphatic heterocycles. The van der Waals surface area contributed by atoms with E-state index in [2.05, 4.69) is 20.9 Å². The number of nitrogens with one attached hydrogen (secondary N) is 3. The second kappa shape index (κ2) is 6.53. The van der Waals surface area contributed by atoms with Crippen molar-refractivity contribution in [2.24, 2.45) is 0 Å². The molecule has 1 aromatic rings. The smallest absolute Gasteiger partial charge is 0.255 e. The molecule has 0 spiro atoms. The molecule has 0 aliphatic rings. The fraction of sp³-hybridized carbons (Fsp3) is 0.364. The van der Waals surface area contributed by atoms with Gasteiger partial charge in [-0.3, -0.25) is 9.59 Å². The van der Waals surface area contributed by atoms with Crippen molar-refractivity contribution < 1.29 is 14.0 Å². The molecule has 18 heavy (non-hydrogen) atoms. The van der Waals surface area contributed by atoms with Crippen LogP contribution in [0.25, 0.3) is 0 Å². The molecule has 0 aromatic carbocycles. The van der Waals surface area contributed by atoms with Crippen LogP contribution in [0.1, 0.15) is 16.8 Å². The molecule has 0 bridgehead atoms. The number of rotatable bonds is 5. The van der Waals surface area contributed by atoms with Gasteiger partial charge in [0.2, 0.25) is 5.91 Å². The highest BCUT2D eigenvalue weighted by Crippen LogP contribution is 2.12. The average Bonchev–Trinajstić information content (AvgIpc) is 2.38. The van der Waals surface area contributed by atoms with Crippen LogP contribution in [-0.4, -0.2) is 37.4 Å². The second-order valence-corrected chi connectivity index (χ2v) is 3.48. The first-order chi connectivity index (χ1) is 8.58. The fourth-order valence-corrected chi connectivity index (χ4v) is 1.32. The molecule has 0 radical (unpaired) electrons. The summed E-state index contributed by atoms with van der Waals surface area (Å²) in [6, 6.07) is 1.09. The van der Waals surface area contributed by atoms with Crippen molar-refractivity contribution in [3.8, 4) is 0 Å². The molecule has 3 N–H and O–H groups in total. The van der Waals surface area contributed by atoms with Gasteiger partial charge in [-0.15, -0.1) is 0 Å². The lowest BCUT2D eigenvalue weighted by molar-refractivity contribution is -0.120. The Morgan fingerprint density at radius 2 is 2.11 bits per heavy atom. The van der Waals surface area contributed by atoms with E-state index in [4.69, 9.17) is 0 Å². The normalized spacial score (nSPS) is 9.72. The summed E-state index contributed by atoms with van der Waals surface area (Å²) in [6.07, 6.45) is 1.19. The molecule has 0 unspecified atom stereocenters. The summed E-state index contributed by atoms with van der Waals surface area (Å²) in [4.78, 5) is 26.5. The van der Waals surface area contributed by atoms with Gasteiger partial charge in [0, 0.05) is 27.1 Å². The quantitative estimate of drug-likeness (QED) is 0.697. The van der Waals surface area contributed by atoms with Crippen LogP contribution in [0.15, 0.2) is 12.3 Å². The van der Waals surface area contributed by atoms with E-state index in [1.165, 1.54) is 7.05 Å². The molecule has 0 aliphatic carbocycles. The Balaban J connectivity index is 2.66. The molecule has 0 atom stereocenters. The van der Waals surface area contributed by atoms with Gasteiger partial charge in [-0.25, -0.2) is 9.37 Å². The number of amides is 2. The lowest BCUT2D eigenvalue weighted by Crippen LogP contribution is -2.29. The molecule has 7 heteroatoms. The first-order valence-electron chi connectivity index (χ1n) is 5.40. The topological polar surface area (TPSA) is 83.1 Å². The van der Waals surface area contributed by atoms with E-state index in [1.807, 2.05) is 0 Å². The van der Waals surface area contributed by atoms with Crippen LogP contribution in [0.2, 0.25) is 0 Å². The van der Waals surface area contributed by atoms with Crippen LogP contribution in [0, 0.1) is 5.82 Å². The number of hydrogen-bond donors (Lipinski definition) is 3. The molecule has 6 nitrogen and oxygen atoms in total. The van der Waals surface area contributed by atoms with E-state index in [0.29, 0.717) is 0 Å². The summed E-state index contributed by atoms with van der Waals surface area (Å²) in [7, 11) is 3.10. The van der Waals surface area contributed by atoms with Crippen LogP contribution in [0.5, 0.6) is 0 Å². The van der Waals surface area contributed by atoms with Crippen LogP contribution in [-0.2, 0) is 4.79 Å². The first-order valence-corrected chi connectivity index (χ1v) is 5.40. The van der Waals surface area contributed by atoms with E-state index in [1.54, 1.807) is 7.05 Å². The maximum Gasteiger partial charge on any atom is 0.255 e. The molecular formula is C11H15FN4O2. The minimum Gasteiger partial charge on any atom is -0.372 e. The zero-order valence-corrected chi connectivity index (χ0v) is 10.2. The van der Waals surface area contributed by atoms with Crippen molar-refractivity contribution in [1.29, 1.82) is 0 Å². The van der Waals surface area contributed by atoms with Crippen molar-refractivity contribution in [2.75, 3.05) is 26.0 Å². The summed E-state index contributed by atoms with van der Waals surface area (Å²) in [6.45, 7) is 0.179. The van der Waals surface area contributed by atoms with Crippen molar-refractivity contribution in [1.82, 2.24) is 15.6 Å². The van der Waals surface area contributed by atoms with E-state index in [9.17, 15) is 14.0 Å². The third kappa shape index (κ3) is 3.69. The number of hydrogen-bond acceptors (Lipinski definition) is 4. The summed E-state index contributed by atoms with van der Waals surface area (Å²) in [5.74, 6) is -0.962. The van der Waals surface area contributed by atoms with Crippen LogP contribution < -0.4 is 16.0 Å². The molecule has 0 saturated heterocycles. The Labute approximate surface area is 104 Å². The first kappa shape index (κ1) is 13.9. The van der Waals surface area contributed by atoms with Gasteiger partial charge in [0.05, 0.1) is 11.8 Å². The highest BCUT2D eigenvalue weighted by atomic mass is 19.1. The van der Waals surface area contributed by atoms with Crippen molar-refractivity contribution in [3.63, 3.8) is 0 Å². The Morgan fingerprint density at radius 1 is 1.39 bits per heavy atom. The number of halogens is 1. The average molecular weight is 254 g/mol. The largest absolute Gasteiger partial charge is 0.372 e. The lowest BCUT2D eigenvalue weighted by Gasteiger charge is -2.08. The van der Waals surface area contributed by atoms with Crippen molar-refractivity contribution in [3.05, 3.63) is 23.6 Å². The number of carbonyl (C=O) groups is 2. The fourth-order valence-electron chi connectivity index (χ4n) is 1.32. The summed E-state index contributed by atoms with van der Waals surface area (Å²) >= 11 is 0. The van der Waals surface area contributed by atoms with Gasteiger partial charge in [-0.2, -0.15) is 0 Å². The van der Waals surface area contributed by atoms with Gasteiger partial charge in [0.25, 0.3) is 5.91 Å². The molecule has 98 valence electrons. The van der Waals surface area contributed by atoms with E-state index >= 15 is 0 Å². The van der Waals surface area contributed by atoms with E-state index in [0.717, 1.165) is 12.3 Å². The van der Waals surface area contributed by atoms with Crippen molar-refractivity contribution >= 4 is 17.6 Å². The lowest BCUT2D eigenvalue weighted by atomic mass is 10.2. The Morgan fingerprint density at radius 3 is 2.72 bits per heavy atom. The number of anilines is 1. The highest BCUT2D eigenvalue weighted by Gasteiger charge is 2.13. The van der Waals surface area contributed by atoms with Crippen LogP contribution in [0.3, 0.4) is 0 Å². The summed E-state index contributed by atoms with van der Waals surface area (Å²) < 4.78 is 13.0. The van der Waals surface area contributed by atoms with Gasteiger partial charge in [0.1, 0.15) is 11.6 Å². The second-order valence-electron chi connectivity index (χ2n) is 3.48. The minimum absolute atomic E-state index is 0.106. The zero-order chi connectivity index (χ0) is 13.5. The van der Waals surface area contributed by atoms with E-state index < -0.39 is 11.7 Å². The highest BCUT2D eigenvalue weighted by molar-refractivity contribution is 5.98. The molecule has 2 amide bonds. The number of nitrogens with zero attached hydrogens (tertiary/aromatic N) is 1. The minimum atomic E-state index is -0.592. The number of carbonyl (C=O) groups excluding carboxylic acids is 2. The molecular weight excluding hydrogens is 239 g/mol. The Bertz CT molecular complexity index is 451. The molecule has 1 aromatic heterocycles. The van der Waals surface area contributed by atoms with Crippen LogP contribution >= 0.6 is 0 Å². The third-order valence-electron chi connectivity index (χ3n) is 2.25. The van der Waals surface area contributed by atoms with Gasteiger partial charge in [-0.1, -0.05) is 0 Å². The monoisotopic (exact) mass is 254 g/mol. The maximum atomic E-state index is 13.0. The number of aromatic nitrogens is 1. The van der Waals surface area contributed by atoms with Gasteiger partial charge >= 0.3 is 0 Å². The van der Waals surface area contributed by atoms with Crippen LogP contribution in [0.4, 0.5) is 10.2 Å². The molecule has 1 heterocycles. The Kier molecular flexibility index (Phi) is 5.04. The van der Waals surface area contributed by atoms with E-state index in [-0.39, 0.29) is 30.3 Å². The molecule has 1 rings (SSSR count). The number of pyridine rings is 1. The van der Waals surface area contributed by atoms with Gasteiger partial charge < -0.3 is 16.0 Å². The Hall–Kier alpha value is -2.18. The maximum absolute atomic E-state index is 13.0. The molecule has 0 saturated carbocycles. The van der Waals surface area contributed by atoms with Crippen molar-refractivity contribution in [2.45, 2.75) is 6.42 Å². The SMILES string of the molecule is CNC(=O)CCNC(=O)c1cc(F)cnc1NC. The summed E-state index contributed by atoms with van der Waals surface area (Å²) in [5, 5.41) is 7.65. The predicted octanol–water partition coefficient (Wildman–Crippen LogP) is 0.128. The summed E-state index contributed by atoms with van der Waals surface area (Å²) in [5.41, 5.74) is 0.106. The molecule has 0 fully saturated rings. The van der Waals surface area contributed by atoms with Gasteiger partial charge in [-0.05, 0) is 6.07 Å². The van der Waals surface area contributed by atoms with Gasteiger partial charge in [0.15, 0.2) is 0 Å². The predicted molar refractivity (Wildman–Crippen MR) is 64.8 cm³/mol.